The van der Waals surface area contributed by atoms with Crippen molar-refractivity contribution in [2.75, 3.05) is 6.16 Å². The minimum absolute atomic E-state index is 0.155. The van der Waals surface area contributed by atoms with Gasteiger partial charge in [-0.05, 0) is 0 Å². The summed E-state index contributed by atoms with van der Waals surface area (Å²) in [5.41, 5.74) is 0. The second kappa shape index (κ2) is 1.83. The number of halogens is 4. The Bertz CT molecular complexity index is 73.8. The van der Waals surface area contributed by atoms with E-state index in [1.165, 1.54) is 6.92 Å². The molecule has 0 amide bonds. The van der Waals surface area contributed by atoms with E-state index < -0.39 is 14.0 Å². The molecule has 0 N–H and O–H groups in total. The Morgan fingerprint density at radius 2 is 1.50 bits per heavy atom. The average molecular weight is 150 g/mol. The van der Waals surface area contributed by atoms with Gasteiger partial charge in [-0.2, -0.15) is 0 Å². The van der Waals surface area contributed by atoms with Crippen LogP contribution < -0.4 is 0 Å². The maximum absolute atomic E-state index is 11.2. The van der Waals surface area contributed by atoms with E-state index in [4.69, 9.17) is 0 Å². The van der Waals surface area contributed by atoms with Crippen LogP contribution in [0.5, 0.6) is 0 Å². The first kappa shape index (κ1) is 8.15. The Kier molecular flexibility index (Phi) is 1.87. The SMILES string of the molecule is CCCP(F)(F)(F)F. The zero-order chi connectivity index (χ0) is 6.86. The molecule has 0 saturated heterocycles. The van der Waals surface area contributed by atoms with E-state index in [-0.39, 0.29) is 6.42 Å². The molecule has 0 aliphatic rings. The molecule has 52 valence electrons. The van der Waals surface area contributed by atoms with Gasteiger partial charge in [0.15, 0.2) is 0 Å². The van der Waals surface area contributed by atoms with Crippen molar-refractivity contribution in [3.63, 3.8) is 0 Å². The van der Waals surface area contributed by atoms with Crippen LogP contribution >= 0.6 is 7.85 Å². The Morgan fingerprint density at radius 3 is 1.50 bits per heavy atom. The van der Waals surface area contributed by atoms with Crippen LogP contribution in [0.4, 0.5) is 16.8 Å². The van der Waals surface area contributed by atoms with Crippen molar-refractivity contribution in [1.29, 1.82) is 0 Å². The molecule has 0 aromatic rings. The first-order valence-corrected chi connectivity index (χ1v) is 4.18. The van der Waals surface area contributed by atoms with Crippen LogP contribution in [-0.4, -0.2) is 6.16 Å². The summed E-state index contributed by atoms with van der Waals surface area (Å²) in [7, 11) is -7.10. The molecular weight excluding hydrogens is 143 g/mol. The summed E-state index contributed by atoms with van der Waals surface area (Å²) in [6.07, 6.45) is -1.39. The first-order chi connectivity index (χ1) is 3.31. The average Bonchev–Trinajstić information content (AvgIpc) is 1.25. The second-order valence-electron chi connectivity index (χ2n) is 1.59. The Labute approximate surface area is 45.3 Å². The summed E-state index contributed by atoms with van der Waals surface area (Å²) < 4.78 is 44.8. The molecule has 0 aliphatic heterocycles. The molecule has 0 saturated carbocycles. The topological polar surface area (TPSA) is 0 Å². The van der Waals surface area contributed by atoms with Crippen molar-refractivity contribution in [1.82, 2.24) is 0 Å². The fourth-order valence-electron chi connectivity index (χ4n) is 0.338. The maximum atomic E-state index is 11.2. The van der Waals surface area contributed by atoms with E-state index in [0.717, 1.165) is 0 Å². The van der Waals surface area contributed by atoms with Crippen LogP contribution in [-0.2, 0) is 0 Å². The van der Waals surface area contributed by atoms with Crippen LogP contribution in [0.3, 0.4) is 0 Å². The fourth-order valence-corrected chi connectivity index (χ4v) is 1.01. The van der Waals surface area contributed by atoms with Crippen molar-refractivity contribution in [2.24, 2.45) is 0 Å². The summed E-state index contributed by atoms with van der Waals surface area (Å²) >= 11 is 0. The molecular formula is C3H7F4P. The molecule has 0 unspecified atom stereocenters. The van der Waals surface area contributed by atoms with Crippen LogP contribution in [0.2, 0.25) is 0 Å². The molecule has 0 heterocycles. The second-order valence-corrected chi connectivity index (χ2v) is 3.76. The van der Waals surface area contributed by atoms with Crippen LogP contribution in [0, 0.1) is 0 Å². The van der Waals surface area contributed by atoms with Gasteiger partial charge in [0.05, 0.1) is 0 Å². The Hall–Kier alpha value is 0.150. The molecule has 0 aromatic carbocycles. The minimum atomic E-state index is -7.10. The summed E-state index contributed by atoms with van der Waals surface area (Å²) in [4.78, 5) is 0. The zero-order valence-electron chi connectivity index (χ0n) is 4.37. The van der Waals surface area contributed by atoms with Gasteiger partial charge in [-0.25, -0.2) is 0 Å². The predicted molar refractivity (Wildman–Crippen MR) is 26.5 cm³/mol. The van der Waals surface area contributed by atoms with E-state index in [2.05, 4.69) is 0 Å². The van der Waals surface area contributed by atoms with Crippen molar-refractivity contribution < 1.29 is 16.8 Å². The molecule has 0 radical (unpaired) electrons. The monoisotopic (exact) mass is 150 g/mol. The molecule has 0 aromatic heterocycles. The van der Waals surface area contributed by atoms with Crippen LogP contribution in [0.1, 0.15) is 13.3 Å². The summed E-state index contributed by atoms with van der Waals surface area (Å²) in [5, 5.41) is 0. The van der Waals surface area contributed by atoms with E-state index >= 15 is 0 Å². The molecule has 0 bridgehead atoms. The van der Waals surface area contributed by atoms with Gasteiger partial charge in [0.25, 0.3) is 0 Å². The third kappa shape index (κ3) is 6.15. The normalized spacial score (nSPS) is 17.4. The standard InChI is InChI=1S/C3H7F4P/c1-2-3-8(4,5,6)7/h2-3H2,1H3. The van der Waals surface area contributed by atoms with Crippen molar-refractivity contribution >= 4 is 7.85 Å². The van der Waals surface area contributed by atoms with Gasteiger partial charge in [-0.15, -0.1) is 0 Å². The summed E-state index contributed by atoms with van der Waals surface area (Å²) in [5.74, 6) is 0. The van der Waals surface area contributed by atoms with Gasteiger partial charge in [0, 0.05) is 0 Å². The van der Waals surface area contributed by atoms with E-state index in [1.54, 1.807) is 0 Å². The molecule has 0 rings (SSSR count). The van der Waals surface area contributed by atoms with Gasteiger partial charge >= 0.3 is 44.1 Å². The van der Waals surface area contributed by atoms with Crippen molar-refractivity contribution in [3.8, 4) is 0 Å². The summed E-state index contributed by atoms with van der Waals surface area (Å²) in [6.45, 7) is 1.31. The van der Waals surface area contributed by atoms with Crippen molar-refractivity contribution in [3.05, 3.63) is 0 Å². The first-order valence-electron chi connectivity index (χ1n) is 2.20. The van der Waals surface area contributed by atoms with E-state index in [1.807, 2.05) is 0 Å². The van der Waals surface area contributed by atoms with Gasteiger partial charge in [-0.1, -0.05) is 0 Å². The molecule has 0 fully saturated rings. The Morgan fingerprint density at radius 1 is 1.12 bits per heavy atom. The van der Waals surface area contributed by atoms with Gasteiger partial charge in [-0.3, -0.25) is 0 Å². The van der Waals surface area contributed by atoms with E-state index in [9.17, 15) is 16.8 Å². The van der Waals surface area contributed by atoms with Gasteiger partial charge in [0.1, 0.15) is 0 Å². The molecule has 0 spiro atoms. The van der Waals surface area contributed by atoms with Gasteiger partial charge < -0.3 is 0 Å². The van der Waals surface area contributed by atoms with Gasteiger partial charge in [0.2, 0.25) is 0 Å². The van der Waals surface area contributed by atoms with Crippen LogP contribution in [0.25, 0.3) is 0 Å². The predicted octanol–water partition coefficient (Wildman–Crippen LogP) is 3.49. The molecule has 5 heteroatoms. The number of hydrogen-bond donors (Lipinski definition) is 0. The fraction of sp³-hybridized carbons (Fsp3) is 1.00. The van der Waals surface area contributed by atoms with E-state index in [0.29, 0.717) is 0 Å². The quantitative estimate of drug-likeness (QED) is 0.417. The third-order valence-electron chi connectivity index (χ3n) is 0.562. The molecule has 0 aliphatic carbocycles. The summed E-state index contributed by atoms with van der Waals surface area (Å²) in [6, 6.07) is 0. The molecule has 8 heavy (non-hydrogen) atoms. The number of rotatable bonds is 2. The number of hydrogen-bond acceptors (Lipinski definition) is 0. The molecule has 0 atom stereocenters. The van der Waals surface area contributed by atoms with Crippen molar-refractivity contribution in [2.45, 2.75) is 13.3 Å². The molecule has 0 nitrogen and oxygen atoms in total. The Balaban J connectivity index is 3.73. The van der Waals surface area contributed by atoms with Crippen LogP contribution in [0.15, 0.2) is 0 Å². The zero-order valence-corrected chi connectivity index (χ0v) is 5.27. The third-order valence-corrected chi connectivity index (χ3v) is 1.69.